The monoisotopic (exact) mass is 412 g/mol. The average molecular weight is 413 g/mol. The summed E-state index contributed by atoms with van der Waals surface area (Å²) < 4.78 is 41.7. The number of ether oxygens (including phenoxy) is 3. The van der Waals surface area contributed by atoms with Crippen molar-refractivity contribution >= 4 is 18.1 Å². The van der Waals surface area contributed by atoms with Crippen molar-refractivity contribution in [2.45, 2.75) is 6.04 Å². The summed E-state index contributed by atoms with van der Waals surface area (Å²) >= 11 is 0. The first kappa shape index (κ1) is 27.8. The van der Waals surface area contributed by atoms with Crippen LogP contribution in [0.1, 0.15) is 0 Å². The molecule has 26 heavy (non-hydrogen) atoms. The molecule has 0 aromatic heterocycles. The molecule has 156 valence electrons. The van der Waals surface area contributed by atoms with Crippen LogP contribution in [0.4, 0.5) is 0 Å². The highest BCUT2D eigenvalue weighted by Crippen LogP contribution is 2.11. The van der Waals surface area contributed by atoms with Crippen molar-refractivity contribution in [1.82, 2.24) is 0 Å². The van der Waals surface area contributed by atoms with E-state index in [0.29, 0.717) is 39.6 Å². The highest BCUT2D eigenvalue weighted by Gasteiger charge is 2.37. The molecule has 0 saturated carbocycles. The van der Waals surface area contributed by atoms with Crippen LogP contribution < -0.4 is 0 Å². The summed E-state index contributed by atoms with van der Waals surface area (Å²) in [6, 6.07) is 0.882. The van der Waals surface area contributed by atoms with Crippen molar-refractivity contribution in [2.24, 2.45) is 0 Å². The Labute approximate surface area is 161 Å². The lowest BCUT2D eigenvalue weighted by molar-refractivity contribution is 0.0232. The van der Waals surface area contributed by atoms with Gasteiger partial charge in [0.2, 0.25) is 0 Å². The molecule has 0 unspecified atom stereocenters. The summed E-state index contributed by atoms with van der Waals surface area (Å²) in [7, 11) is 4.00. The first-order valence-corrected chi connectivity index (χ1v) is 11.8. The number of allylic oxidation sites excluding steroid dienone is 1. The van der Waals surface area contributed by atoms with Gasteiger partial charge >= 0.3 is 18.1 Å². The van der Waals surface area contributed by atoms with E-state index in [4.69, 9.17) is 36.3 Å². The first-order valence-electron chi connectivity index (χ1n) is 8.28. The predicted octanol–water partition coefficient (Wildman–Crippen LogP) is 1.33. The minimum Gasteiger partial charge on any atom is -0.400 e. The molecule has 0 spiro atoms. The Kier molecular flexibility index (Phi) is 22.4. The second-order valence-electron chi connectivity index (χ2n) is 4.76. The maximum atomic E-state index is 5.65. The van der Waals surface area contributed by atoms with E-state index in [-0.39, 0.29) is 0 Å². The molecule has 0 aliphatic rings. The molecule has 0 rings (SSSR count). The maximum Gasteiger partial charge on any atom is 0.529 e. The Hall–Kier alpha value is -0.406. The van der Waals surface area contributed by atoms with Gasteiger partial charge in [-0.25, -0.2) is 0 Å². The summed E-state index contributed by atoms with van der Waals surface area (Å²) in [5, 5.41) is 0. The van der Waals surface area contributed by atoms with E-state index in [1.165, 1.54) is 0 Å². The zero-order chi connectivity index (χ0) is 20.1. The number of rotatable bonds is 17. The molecule has 0 aromatic carbocycles. The minimum atomic E-state index is -2.86. The van der Waals surface area contributed by atoms with Crippen LogP contribution in [0.15, 0.2) is 24.9 Å². The third-order valence-electron chi connectivity index (χ3n) is 2.91. The highest BCUT2D eigenvalue weighted by molar-refractivity contribution is 6.66. The topological polar surface area (TPSA) is 73.8 Å². The van der Waals surface area contributed by atoms with Gasteiger partial charge in [-0.15, -0.1) is 6.58 Å². The van der Waals surface area contributed by atoms with Crippen molar-refractivity contribution < 1.29 is 36.3 Å². The molecule has 0 heterocycles. The van der Waals surface area contributed by atoms with Gasteiger partial charge in [0, 0.05) is 41.6 Å². The molecule has 8 nitrogen and oxygen atoms in total. The summed E-state index contributed by atoms with van der Waals surface area (Å²) in [5.41, 5.74) is 1.61. The fraction of sp³-hybridized carbons (Fsp3) is 0.750. The second-order valence-corrected chi connectivity index (χ2v) is 9.51. The summed E-state index contributed by atoms with van der Waals surface area (Å²) in [4.78, 5) is 0. The number of methoxy groups -OCH3 is 3. The van der Waals surface area contributed by atoms with Crippen LogP contribution in [0.25, 0.3) is 0 Å². The van der Waals surface area contributed by atoms with Crippen molar-refractivity contribution in [3.05, 3.63) is 24.9 Å². The van der Waals surface area contributed by atoms with Gasteiger partial charge in [-0.2, -0.15) is 0 Å². The molecule has 10 heteroatoms. The first-order chi connectivity index (χ1) is 12.6. The van der Waals surface area contributed by atoms with Crippen LogP contribution >= 0.6 is 0 Å². The van der Waals surface area contributed by atoms with Gasteiger partial charge in [-0.3, -0.25) is 0 Å². The molecule has 0 bridgehead atoms. The SMILES string of the molecule is C=CC[SiH](OC)OC.C=C[Si](OCCOC)(OCCOC)OCCOC. The highest BCUT2D eigenvalue weighted by atomic mass is 28.4. The molecule has 0 aromatic rings. The van der Waals surface area contributed by atoms with Gasteiger partial charge in [-0.05, 0) is 5.70 Å². The smallest absolute Gasteiger partial charge is 0.400 e. The lowest BCUT2D eigenvalue weighted by Gasteiger charge is -2.26. The number of hydrogen-bond donors (Lipinski definition) is 0. The molecule has 0 amide bonds. The zero-order valence-corrected chi connectivity index (χ0v) is 19.0. The van der Waals surface area contributed by atoms with Crippen LogP contribution in [-0.2, 0) is 36.3 Å². The van der Waals surface area contributed by atoms with Crippen LogP contribution in [-0.4, -0.2) is 93.3 Å². The lowest BCUT2D eigenvalue weighted by atomic mass is 10.8. The van der Waals surface area contributed by atoms with Crippen LogP contribution in [0.5, 0.6) is 0 Å². The van der Waals surface area contributed by atoms with E-state index in [9.17, 15) is 0 Å². The van der Waals surface area contributed by atoms with Crippen LogP contribution in [0.3, 0.4) is 0 Å². The molecule has 0 N–H and O–H groups in total. The minimum absolute atomic E-state index is 0.398. The Bertz CT molecular complexity index is 290. The summed E-state index contributed by atoms with van der Waals surface area (Å²) in [6.07, 6.45) is 1.82. The predicted molar refractivity (Wildman–Crippen MR) is 106 cm³/mol. The van der Waals surface area contributed by atoms with Gasteiger partial charge in [0.05, 0.1) is 39.6 Å². The molecular weight excluding hydrogens is 376 g/mol. The van der Waals surface area contributed by atoms with Crippen molar-refractivity contribution in [2.75, 3.05) is 75.2 Å². The summed E-state index contributed by atoms with van der Waals surface area (Å²) in [6.45, 7) is 9.93. The van der Waals surface area contributed by atoms with E-state index in [2.05, 4.69) is 13.2 Å². The van der Waals surface area contributed by atoms with E-state index >= 15 is 0 Å². The molecule has 0 aliphatic carbocycles. The zero-order valence-electron chi connectivity index (χ0n) is 16.9. The van der Waals surface area contributed by atoms with Crippen molar-refractivity contribution in [1.29, 1.82) is 0 Å². The normalized spacial score (nSPS) is 11.2. The molecule has 0 atom stereocenters. The molecule has 0 radical (unpaired) electrons. The fourth-order valence-corrected chi connectivity index (χ4v) is 4.08. The summed E-state index contributed by atoms with van der Waals surface area (Å²) in [5.74, 6) is 0. The molecular formula is C16H36O8Si2. The van der Waals surface area contributed by atoms with Crippen molar-refractivity contribution in [3.8, 4) is 0 Å². The largest absolute Gasteiger partial charge is 0.529 e. The Morgan fingerprint density at radius 1 is 0.692 bits per heavy atom. The fourth-order valence-electron chi connectivity index (χ4n) is 1.53. The molecule has 0 saturated heterocycles. The van der Waals surface area contributed by atoms with Gasteiger partial charge in [0.1, 0.15) is 0 Å². The Morgan fingerprint density at radius 3 is 1.27 bits per heavy atom. The molecule has 0 fully saturated rings. The number of hydrogen-bond acceptors (Lipinski definition) is 8. The third-order valence-corrected chi connectivity index (χ3v) is 7.00. The quantitative estimate of drug-likeness (QED) is 0.201. The van der Waals surface area contributed by atoms with Crippen LogP contribution in [0.2, 0.25) is 6.04 Å². The molecule has 0 aliphatic heterocycles. The maximum absolute atomic E-state index is 5.65. The van der Waals surface area contributed by atoms with Gasteiger partial charge in [-0.1, -0.05) is 12.7 Å². The van der Waals surface area contributed by atoms with Gasteiger partial charge in [0.25, 0.3) is 0 Å². The van der Waals surface area contributed by atoms with E-state index in [1.807, 2.05) is 6.08 Å². The Morgan fingerprint density at radius 2 is 1.08 bits per heavy atom. The van der Waals surface area contributed by atoms with Gasteiger partial charge in [0.15, 0.2) is 0 Å². The van der Waals surface area contributed by atoms with Crippen molar-refractivity contribution in [3.63, 3.8) is 0 Å². The standard InChI is InChI=1S/C11H24O6Si.C5H12O2Si/c1-5-18(15-9-6-12-2,16-10-7-13-3)17-11-8-14-4;1-4-5-8(6-2)7-3/h5H,1,6-11H2,2-4H3;4,8H,1,5H2,2-3H3. The lowest BCUT2D eigenvalue weighted by Crippen LogP contribution is -2.46. The third kappa shape index (κ3) is 15.8. The van der Waals surface area contributed by atoms with E-state index < -0.39 is 18.1 Å². The van der Waals surface area contributed by atoms with E-state index in [0.717, 1.165) is 6.04 Å². The van der Waals surface area contributed by atoms with E-state index in [1.54, 1.807) is 41.2 Å². The van der Waals surface area contributed by atoms with Crippen LogP contribution in [0, 0.1) is 0 Å². The average Bonchev–Trinajstić information content (AvgIpc) is 2.66. The van der Waals surface area contributed by atoms with Gasteiger partial charge < -0.3 is 36.3 Å². The second kappa shape index (κ2) is 20.9. The Balaban J connectivity index is 0.